The number of aliphatic hydroxyl groups excluding tert-OH is 1. The maximum Gasteiger partial charge on any atom is 0.0864 e. The molecule has 3 heteroatoms. The minimum absolute atomic E-state index is 0.344. The van der Waals surface area contributed by atoms with Crippen LogP contribution in [0.5, 0.6) is 0 Å². The Kier molecular flexibility index (Phi) is 4.02. The van der Waals surface area contributed by atoms with Gasteiger partial charge in [-0.3, -0.25) is 4.90 Å². The highest BCUT2D eigenvalue weighted by molar-refractivity contribution is 4.74. The Balaban J connectivity index is 3.29. The number of hydrogen-bond donors (Lipinski definition) is 1. The number of aliphatic hydroxyl groups is 1. The first-order valence-corrected chi connectivity index (χ1v) is 2.90. The minimum Gasteiger partial charge on any atom is -0.392 e. The van der Waals surface area contributed by atoms with Gasteiger partial charge in [-0.05, 0) is 14.0 Å². The van der Waals surface area contributed by atoms with Crippen LogP contribution >= 0.6 is 0 Å². The molecule has 0 aromatic heterocycles. The fourth-order valence-corrected chi connectivity index (χ4v) is 0.636. The highest BCUT2D eigenvalue weighted by atomic mass is 16.3. The van der Waals surface area contributed by atoms with Crippen LogP contribution < -0.4 is 0 Å². The topological polar surface area (TPSA) is 47.3 Å². The van der Waals surface area contributed by atoms with E-state index in [-0.39, 0.29) is 6.10 Å². The average Bonchev–Trinajstić information content (AvgIpc) is 1.63. The van der Waals surface area contributed by atoms with Crippen molar-refractivity contribution in [2.75, 3.05) is 20.1 Å². The van der Waals surface area contributed by atoms with Crippen molar-refractivity contribution in [3.8, 4) is 6.07 Å². The molecule has 0 aromatic rings. The predicted octanol–water partition coefficient (Wildman–Crippen LogP) is -0.177. The van der Waals surface area contributed by atoms with Crippen LogP contribution in [0.25, 0.3) is 0 Å². The SMILES string of the molecule is CC(O)CN(C)CC#N. The van der Waals surface area contributed by atoms with E-state index in [1.54, 1.807) is 18.9 Å². The van der Waals surface area contributed by atoms with Crippen LogP contribution in [0.1, 0.15) is 6.92 Å². The summed E-state index contributed by atoms with van der Waals surface area (Å²) in [6.07, 6.45) is -0.344. The molecule has 0 radical (unpaired) electrons. The van der Waals surface area contributed by atoms with Crippen molar-refractivity contribution in [2.24, 2.45) is 0 Å². The molecule has 1 unspecified atom stereocenters. The van der Waals surface area contributed by atoms with Crippen LogP contribution in [0, 0.1) is 11.3 Å². The second-order valence-corrected chi connectivity index (χ2v) is 2.20. The van der Waals surface area contributed by atoms with Crippen LogP contribution in [0.15, 0.2) is 0 Å². The van der Waals surface area contributed by atoms with Crippen molar-refractivity contribution in [2.45, 2.75) is 13.0 Å². The normalized spacial score (nSPS) is 13.2. The van der Waals surface area contributed by atoms with Crippen molar-refractivity contribution in [3.05, 3.63) is 0 Å². The summed E-state index contributed by atoms with van der Waals surface area (Å²) in [6, 6.07) is 1.99. The first-order valence-electron chi connectivity index (χ1n) is 2.90. The predicted molar refractivity (Wildman–Crippen MR) is 34.8 cm³/mol. The zero-order chi connectivity index (χ0) is 7.28. The van der Waals surface area contributed by atoms with Gasteiger partial charge < -0.3 is 5.11 Å². The van der Waals surface area contributed by atoms with Crippen molar-refractivity contribution in [1.29, 1.82) is 5.26 Å². The number of nitriles is 1. The fraction of sp³-hybridized carbons (Fsp3) is 0.833. The van der Waals surface area contributed by atoms with Crippen LogP contribution in [0.3, 0.4) is 0 Å². The molecule has 0 fully saturated rings. The summed E-state index contributed by atoms with van der Waals surface area (Å²) in [5, 5.41) is 17.0. The number of nitrogens with zero attached hydrogens (tertiary/aromatic N) is 2. The van der Waals surface area contributed by atoms with Gasteiger partial charge in [0.2, 0.25) is 0 Å². The van der Waals surface area contributed by atoms with E-state index in [1.165, 1.54) is 0 Å². The van der Waals surface area contributed by atoms with E-state index < -0.39 is 0 Å². The van der Waals surface area contributed by atoms with Crippen molar-refractivity contribution < 1.29 is 5.11 Å². The smallest absolute Gasteiger partial charge is 0.0864 e. The van der Waals surface area contributed by atoms with Crippen LogP contribution in [-0.4, -0.2) is 36.2 Å². The second kappa shape index (κ2) is 4.30. The van der Waals surface area contributed by atoms with Gasteiger partial charge in [-0.15, -0.1) is 0 Å². The van der Waals surface area contributed by atoms with E-state index in [9.17, 15) is 0 Å². The van der Waals surface area contributed by atoms with Crippen LogP contribution in [-0.2, 0) is 0 Å². The van der Waals surface area contributed by atoms with Gasteiger partial charge in [0.15, 0.2) is 0 Å². The quantitative estimate of drug-likeness (QED) is 0.536. The Labute approximate surface area is 55.5 Å². The summed E-state index contributed by atoms with van der Waals surface area (Å²) >= 11 is 0. The largest absolute Gasteiger partial charge is 0.392 e. The van der Waals surface area contributed by atoms with Gasteiger partial charge in [0.05, 0.1) is 18.7 Å². The molecule has 0 saturated carbocycles. The number of likely N-dealkylation sites (N-methyl/N-ethyl adjacent to an activating group) is 1. The highest BCUT2D eigenvalue weighted by Crippen LogP contribution is 1.84. The molecule has 0 bridgehead atoms. The lowest BCUT2D eigenvalue weighted by atomic mass is 10.4. The van der Waals surface area contributed by atoms with Gasteiger partial charge >= 0.3 is 0 Å². The van der Waals surface area contributed by atoms with E-state index in [1.807, 2.05) is 6.07 Å². The third kappa shape index (κ3) is 5.28. The summed E-state index contributed by atoms with van der Waals surface area (Å²) in [5.74, 6) is 0. The standard InChI is InChI=1S/C6H12N2O/c1-6(9)5-8(2)4-3-7/h6,9H,4-5H2,1-2H3. The van der Waals surface area contributed by atoms with Gasteiger partial charge in [0.25, 0.3) is 0 Å². The zero-order valence-electron chi connectivity index (χ0n) is 5.83. The summed E-state index contributed by atoms with van der Waals surface area (Å²) in [5.41, 5.74) is 0. The summed E-state index contributed by atoms with van der Waals surface area (Å²) in [6.45, 7) is 2.65. The lowest BCUT2D eigenvalue weighted by Crippen LogP contribution is -2.27. The molecule has 0 aliphatic heterocycles. The van der Waals surface area contributed by atoms with Gasteiger partial charge in [-0.2, -0.15) is 5.26 Å². The van der Waals surface area contributed by atoms with E-state index in [0.29, 0.717) is 13.1 Å². The molecule has 0 heterocycles. The van der Waals surface area contributed by atoms with Gasteiger partial charge in [0.1, 0.15) is 0 Å². The Morgan fingerprint density at radius 3 is 2.67 bits per heavy atom. The lowest BCUT2D eigenvalue weighted by molar-refractivity contribution is 0.148. The monoisotopic (exact) mass is 128 g/mol. The summed E-state index contributed by atoms with van der Waals surface area (Å²) in [4.78, 5) is 1.77. The highest BCUT2D eigenvalue weighted by Gasteiger charge is 1.99. The Bertz CT molecular complexity index is 106. The van der Waals surface area contributed by atoms with Crippen molar-refractivity contribution in [1.82, 2.24) is 4.90 Å². The minimum atomic E-state index is -0.344. The van der Waals surface area contributed by atoms with Crippen LogP contribution in [0.2, 0.25) is 0 Å². The Morgan fingerprint density at radius 1 is 1.78 bits per heavy atom. The molecular weight excluding hydrogens is 116 g/mol. The van der Waals surface area contributed by atoms with E-state index >= 15 is 0 Å². The molecule has 52 valence electrons. The first-order chi connectivity index (χ1) is 4.16. The molecule has 1 N–H and O–H groups in total. The third-order valence-corrected chi connectivity index (χ3v) is 0.917. The van der Waals surface area contributed by atoms with Gasteiger partial charge in [-0.25, -0.2) is 0 Å². The molecule has 0 rings (SSSR count). The zero-order valence-corrected chi connectivity index (χ0v) is 5.83. The molecule has 0 aliphatic rings. The second-order valence-electron chi connectivity index (χ2n) is 2.20. The third-order valence-electron chi connectivity index (χ3n) is 0.917. The fourth-order valence-electron chi connectivity index (χ4n) is 0.636. The Hall–Kier alpha value is -0.590. The van der Waals surface area contributed by atoms with E-state index in [0.717, 1.165) is 0 Å². The first kappa shape index (κ1) is 8.41. The molecule has 0 aromatic carbocycles. The molecule has 0 amide bonds. The van der Waals surface area contributed by atoms with E-state index in [4.69, 9.17) is 10.4 Å². The molecule has 3 nitrogen and oxygen atoms in total. The maximum absolute atomic E-state index is 8.80. The van der Waals surface area contributed by atoms with Gasteiger partial charge in [0, 0.05) is 6.54 Å². The molecule has 0 saturated heterocycles. The summed E-state index contributed by atoms with van der Waals surface area (Å²) in [7, 11) is 1.80. The summed E-state index contributed by atoms with van der Waals surface area (Å²) < 4.78 is 0. The number of hydrogen-bond acceptors (Lipinski definition) is 3. The van der Waals surface area contributed by atoms with E-state index in [2.05, 4.69) is 0 Å². The van der Waals surface area contributed by atoms with Gasteiger partial charge in [-0.1, -0.05) is 0 Å². The molecule has 9 heavy (non-hydrogen) atoms. The molecular formula is C6H12N2O. The Morgan fingerprint density at radius 2 is 2.33 bits per heavy atom. The van der Waals surface area contributed by atoms with Crippen molar-refractivity contribution in [3.63, 3.8) is 0 Å². The van der Waals surface area contributed by atoms with Crippen molar-refractivity contribution >= 4 is 0 Å². The molecule has 1 atom stereocenters. The van der Waals surface area contributed by atoms with Crippen LogP contribution in [0.4, 0.5) is 0 Å². The molecule has 0 aliphatic carbocycles. The number of rotatable bonds is 3. The molecule has 0 spiro atoms. The lowest BCUT2D eigenvalue weighted by Gasteiger charge is -2.13. The average molecular weight is 128 g/mol. The maximum atomic E-state index is 8.80.